The maximum absolute atomic E-state index is 13.1. The molecule has 21 heavy (non-hydrogen) atoms. The van der Waals surface area contributed by atoms with E-state index in [1.807, 2.05) is 0 Å². The summed E-state index contributed by atoms with van der Waals surface area (Å²) in [7, 11) is 1.38. The summed E-state index contributed by atoms with van der Waals surface area (Å²) in [6, 6.07) is -0.868. The minimum Gasteiger partial charge on any atom is -0.507 e. The van der Waals surface area contributed by atoms with Crippen molar-refractivity contribution in [3.05, 3.63) is 27.8 Å². The summed E-state index contributed by atoms with van der Waals surface area (Å²) in [5, 5.41) is 12.4. The largest absolute Gasteiger partial charge is 0.507 e. The van der Waals surface area contributed by atoms with Crippen molar-refractivity contribution < 1.29 is 31.4 Å². The van der Waals surface area contributed by atoms with Crippen LogP contribution in [0.15, 0.2) is 0 Å². The fraction of sp³-hybridized carbons (Fsp3) is 0.538. The van der Waals surface area contributed by atoms with Crippen LogP contribution in [0.3, 0.4) is 0 Å². The van der Waals surface area contributed by atoms with Crippen molar-refractivity contribution in [3.63, 3.8) is 0 Å². The van der Waals surface area contributed by atoms with Gasteiger partial charge in [0.15, 0.2) is 0 Å². The van der Waals surface area contributed by atoms with Crippen LogP contribution in [0.5, 0.6) is 5.75 Å². The number of nitrogens with one attached hydrogen (secondary N) is 1. The molecule has 1 aromatic rings. The molecule has 1 aromatic carbocycles. The first kappa shape index (κ1) is 17.6. The Morgan fingerprint density at radius 3 is 1.67 bits per heavy atom. The molecule has 1 atom stereocenters. The van der Waals surface area contributed by atoms with E-state index in [9.17, 15) is 31.4 Å². The lowest BCUT2D eigenvalue weighted by molar-refractivity contribution is -0.145. The first-order valence-electron chi connectivity index (χ1n) is 6.01. The maximum atomic E-state index is 13.1. The molecule has 0 amide bonds. The molecule has 0 saturated heterocycles. The number of hydrogen-bond acceptors (Lipinski definition) is 2. The number of benzene rings is 1. The number of hydrogen-bond donors (Lipinski definition) is 2. The van der Waals surface area contributed by atoms with Gasteiger partial charge in [0.1, 0.15) is 11.3 Å². The van der Waals surface area contributed by atoms with Gasteiger partial charge in [0.2, 0.25) is 0 Å². The van der Waals surface area contributed by atoms with Crippen molar-refractivity contribution >= 4 is 0 Å². The number of phenolic OH excluding ortho intramolecular Hbond substituents is 1. The molecule has 0 bridgehead atoms. The molecule has 1 unspecified atom stereocenters. The quantitative estimate of drug-likeness (QED) is 0.796. The molecule has 0 aliphatic rings. The van der Waals surface area contributed by atoms with Gasteiger partial charge in [-0.2, -0.15) is 26.3 Å². The molecule has 120 valence electrons. The lowest BCUT2D eigenvalue weighted by atomic mass is 9.88. The monoisotopic (exact) mass is 315 g/mol. The molecule has 0 saturated carbocycles. The first-order chi connectivity index (χ1) is 9.34. The summed E-state index contributed by atoms with van der Waals surface area (Å²) in [5.41, 5.74) is -4.82. The van der Waals surface area contributed by atoms with Crippen LogP contribution in [0.25, 0.3) is 0 Å². The molecule has 0 fully saturated rings. The highest BCUT2D eigenvalue weighted by Crippen LogP contribution is 2.48. The molecule has 0 radical (unpaired) electrons. The Balaban J connectivity index is 3.94. The maximum Gasteiger partial charge on any atom is 0.420 e. The van der Waals surface area contributed by atoms with Gasteiger partial charge < -0.3 is 10.4 Å². The third-order valence-corrected chi connectivity index (χ3v) is 3.45. The standard InChI is InChI=1S/C13H15F6NO/c1-5-8(7(3)20-4)11(21)10(13(17,18)19)6(2)9(5)12(14,15)16/h7,20-21H,1-4H3. The zero-order valence-corrected chi connectivity index (χ0v) is 11.8. The Hall–Kier alpha value is -1.44. The zero-order valence-electron chi connectivity index (χ0n) is 11.8. The molecule has 0 aromatic heterocycles. The molecule has 0 spiro atoms. The molecule has 2 N–H and O–H groups in total. The molecule has 0 heterocycles. The third-order valence-electron chi connectivity index (χ3n) is 3.45. The van der Waals surface area contributed by atoms with E-state index in [0.717, 1.165) is 6.92 Å². The Morgan fingerprint density at radius 1 is 0.905 bits per heavy atom. The van der Waals surface area contributed by atoms with Gasteiger partial charge in [-0.3, -0.25) is 0 Å². The van der Waals surface area contributed by atoms with Crippen LogP contribution in [0.2, 0.25) is 0 Å². The van der Waals surface area contributed by atoms with Crippen LogP contribution >= 0.6 is 0 Å². The third kappa shape index (κ3) is 3.09. The summed E-state index contributed by atoms with van der Waals surface area (Å²) >= 11 is 0. The average molecular weight is 315 g/mol. The van der Waals surface area contributed by atoms with E-state index in [2.05, 4.69) is 5.32 Å². The molecule has 8 heteroatoms. The first-order valence-corrected chi connectivity index (χ1v) is 6.01. The van der Waals surface area contributed by atoms with E-state index in [0.29, 0.717) is 6.92 Å². The number of aromatic hydroxyl groups is 1. The highest BCUT2D eigenvalue weighted by molar-refractivity contribution is 5.57. The number of phenols is 1. The van der Waals surface area contributed by atoms with Crippen LogP contribution in [0, 0.1) is 13.8 Å². The van der Waals surface area contributed by atoms with Gasteiger partial charge in [-0.05, 0) is 38.9 Å². The lowest BCUT2D eigenvalue weighted by Crippen LogP contribution is -2.22. The zero-order chi connectivity index (χ0) is 16.7. The predicted octanol–water partition coefficient (Wildman–Crippen LogP) is 4.33. The molecular weight excluding hydrogens is 300 g/mol. The number of rotatable bonds is 2. The second-order valence-electron chi connectivity index (χ2n) is 4.77. The van der Waals surface area contributed by atoms with Crippen molar-refractivity contribution in [2.24, 2.45) is 0 Å². The van der Waals surface area contributed by atoms with E-state index in [1.54, 1.807) is 0 Å². The molecule has 0 aliphatic carbocycles. The van der Waals surface area contributed by atoms with Gasteiger partial charge in [-0.1, -0.05) is 0 Å². The van der Waals surface area contributed by atoms with E-state index < -0.39 is 52.0 Å². The average Bonchev–Trinajstić information content (AvgIpc) is 2.23. The Labute approximate surface area is 117 Å². The van der Waals surface area contributed by atoms with Gasteiger partial charge in [-0.15, -0.1) is 0 Å². The van der Waals surface area contributed by atoms with Crippen LogP contribution in [-0.2, 0) is 12.4 Å². The van der Waals surface area contributed by atoms with Crippen LogP contribution in [0.1, 0.15) is 40.8 Å². The van der Waals surface area contributed by atoms with E-state index in [-0.39, 0.29) is 0 Å². The van der Waals surface area contributed by atoms with E-state index in [4.69, 9.17) is 0 Å². The second kappa shape index (κ2) is 5.40. The molecular formula is C13H15F6NO. The lowest BCUT2D eigenvalue weighted by Gasteiger charge is -2.25. The fourth-order valence-electron chi connectivity index (χ4n) is 2.48. The van der Waals surface area contributed by atoms with Gasteiger partial charge in [0.25, 0.3) is 0 Å². The van der Waals surface area contributed by atoms with Crippen LogP contribution in [0.4, 0.5) is 26.3 Å². The Morgan fingerprint density at radius 2 is 1.33 bits per heavy atom. The SMILES string of the molecule is CNC(C)c1c(C)c(C(F)(F)F)c(C)c(C(F)(F)F)c1O. The van der Waals surface area contributed by atoms with Crippen molar-refractivity contribution in [2.45, 2.75) is 39.2 Å². The van der Waals surface area contributed by atoms with Gasteiger partial charge in [-0.25, -0.2) is 0 Å². The summed E-state index contributed by atoms with van der Waals surface area (Å²) in [6.45, 7) is 3.14. The van der Waals surface area contributed by atoms with E-state index in [1.165, 1.54) is 14.0 Å². The Kier molecular flexibility index (Phi) is 4.53. The van der Waals surface area contributed by atoms with E-state index >= 15 is 0 Å². The highest BCUT2D eigenvalue weighted by atomic mass is 19.4. The van der Waals surface area contributed by atoms with Crippen molar-refractivity contribution in [3.8, 4) is 5.75 Å². The van der Waals surface area contributed by atoms with Crippen molar-refractivity contribution in [1.82, 2.24) is 5.32 Å². The van der Waals surface area contributed by atoms with Gasteiger partial charge in [0.05, 0.1) is 5.56 Å². The summed E-state index contributed by atoms with van der Waals surface area (Å²) in [5.74, 6) is -1.16. The van der Waals surface area contributed by atoms with Crippen molar-refractivity contribution in [1.29, 1.82) is 0 Å². The minimum absolute atomic E-state index is 0.400. The van der Waals surface area contributed by atoms with Crippen LogP contribution in [-0.4, -0.2) is 12.2 Å². The fourth-order valence-corrected chi connectivity index (χ4v) is 2.48. The minimum atomic E-state index is -5.08. The summed E-state index contributed by atoms with van der Waals surface area (Å²) < 4.78 is 78.3. The van der Waals surface area contributed by atoms with Gasteiger partial charge >= 0.3 is 12.4 Å². The smallest absolute Gasteiger partial charge is 0.420 e. The summed E-state index contributed by atoms with van der Waals surface area (Å²) in [6.07, 6.45) is -10.0. The normalized spacial score (nSPS) is 14.4. The van der Waals surface area contributed by atoms with Crippen molar-refractivity contribution in [2.75, 3.05) is 7.05 Å². The van der Waals surface area contributed by atoms with Crippen LogP contribution < -0.4 is 5.32 Å². The van der Waals surface area contributed by atoms with Gasteiger partial charge in [0, 0.05) is 11.6 Å². The topological polar surface area (TPSA) is 32.3 Å². The highest BCUT2D eigenvalue weighted by Gasteiger charge is 2.44. The number of alkyl halides is 6. The Bertz CT molecular complexity index is 506. The molecule has 1 rings (SSSR count). The summed E-state index contributed by atoms with van der Waals surface area (Å²) in [4.78, 5) is 0. The molecule has 0 aliphatic heterocycles. The predicted molar refractivity (Wildman–Crippen MR) is 65.1 cm³/mol. The molecule has 2 nitrogen and oxygen atoms in total. The second-order valence-corrected chi connectivity index (χ2v) is 4.77. The number of halogens is 6.